The molecule has 0 atom stereocenters. The van der Waals surface area contributed by atoms with Gasteiger partial charge in [-0.2, -0.15) is 0 Å². The summed E-state index contributed by atoms with van der Waals surface area (Å²) in [5.41, 5.74) is 5.70. The lowest BCUT2D eigenvalue weighted by Gasteiger charge is -2.06. The minimum absolute atomic E-state index is 0.0457. The van der Waals surface area contributed by atoms with Crippen LogP contribution in [0.4, 0.5) is 11.4 Å². The molecule has 110 valence electrons. The van der Waals surface area contributed by atoms with E-state index in [0.29, 0.717) is 5.69 Å². The van der Waals surface area contributed by atoms with Gasteiger partial charge in [0, 0.05) is 22.3 Å². The summed E-state index contributed by atoms with van der Waals surface area (Å²) < 4.78 is 24.6. The fourth-order valence-electron chi connectivity index (χ4n) is 1.81. The highest BCUT2D eigenvalue weighted by Crippen LogP contribution is 2.27. The van der Waals surface area contributed by atoms with Gasteiger partial charge < -0.3 is 5.73 Å². The van der Waals surface area contributed by atoms with E-state index in [4.69, 9.17) is 17.3 Å². The highest BCUT2D eigenvalue weighted by molar-refractivity contribution is 7.90. The number of anilines is 1. The van der Waals surface area contributed by atoms with Gasteiger partial charge in [-0.3, -0.25) is 10.1 Å². The standard InChI is InChI=1S/C13H11ClN2O4S/c14-10-1-6-13(16(17)18)9(7-10)8-21(19,20)12-4-2-11(15)3-5-12/h1-7H,8,15H2. The number of nitro benzene ring substituents is 1. The summed E-state index contributed by atoms with van der Waals surface area (Å²) in [5, 5.41) is 11.2. The van der Waals surface area contributed by atoms with E-state index in [-0.39, 0.29) is 21.2 Å². The van der Waals surface area contributed by atoms with Gasteiger partial charge in [-0.1, -0.05) is 11.6 Å². The van der Waals surface area contributed by atoms with Gasteiger partial charge in [0.2, 0.25) is 0 Å². The zero-order valence-electron chi connectivity index (χ0n) is 10.7. The quantitative estimate of drug-likeness (QED) is 0.528. The molecule has 2 rings (SSSR count). The summed E-state index contributed by atoms with van der Waals surface area (Å²) in [5.74, 6) is -0.506. The van der Waals surface area contributed by atoms with Crippen LogP contribution in [0.5, 0.6) is 0 Å². The van der Waals surface area contributed by atoms with E-state index in [2.05, 4.69) is 0 Å². The molecule has 0 fully saturated rings. The predicted molar refractivity (Wildman–Crippen MR) is 79.9 cm³/mol. The van der Waals surface area contributed by atoms with Crippen molar-refractivity contribution in [3.8, 4) is 0 Å². The molecule has 0 unspecified atom stereocenters. The average molecular weight is 327 g/mol. The number of sulfone groups is 1. The van der Waals surface area contributed by atoms with Gasteiger partial charge in [-0.25, -0.2) is 8.42 Å². The lowest BCUT2D eigenvalue weighted by molar-refractivity contribution is -0.385. The van der Waals surface area contributed by atoms with Crippen LogP contribution in [0.25, 0.3) is 0 Å². The normalized spacial score (nSPS) is 11.3. The molecule has 0 aliphatic heterocycles. The number of nitrogen functional groups attached to an aromatic ring is 1. The Balaban J connectivity index is 2.43. The zero-order valence-corrected chi connectivity index (χ0v) is 12.3. The monoisotopic (exact) mass is 326 g/mol. The molecule has 0 aliphatic carbocycles. The molecular weight excluding hydrogens is 316 g/mol. The Morgan fingerprint density at radius 3 is 2.33 bits per heavy atom. The van der Waals surface area contributed by atoms with E-state index >= 15 is 0 Å². The molecule has 2 aromatic rings. The largest absolute Gasteiger partial charge is 0.399 e. The van der Waals surface area contributed by atoms with Crippen molar-refractivity contribution in [1.29, 1.82) is 0 Å². The Bertz CT molecular complexity index is 788. The van der Waals surface area contributed by atoms with E-state index < -0.39 is 20.5 Å². The number of rotatable bonds is 4. The molecule has 2 N–H and O–H groups in total. The van der Waals surface area contributed by atoms with Crippen molar-refractivity contribution < 1.29 is 13.3 Å². The number of halogens is 1. The number of nitrogens with zero attached hydrogens (tertiary/aromatic N) is 1. The van der Waals surface area contributed by atoms with E-state index in [0.717, 1.165) is 0 Å². The molecule has 0 heterocycles. The van der Waals surface area contributed by atoms with Gasteiger partial charge in [0.1, 0.15) is 0 Å². The fraction of sp³-hybridized carbons (Fsp3) is 0.0769. The van der Waals surface area contributed by atoms with Crippen LogP contribution in [-0.2, 0) is 15.6 Å². The van der Waals surface area contributed by atoms with Gasteiger partial charge >= 0.3 is 0 Å². The van der Waals surface area contributed by atoms with Crippen LogP contribution in [0.2, 0.25) is 5.02 Å². The first-order valence-corrected chi connectivity index (χ1v) is 7.84. The summed E-state index contributed by atoms with van der Waals surface area (Å²) in [6, 6.07) is 9.46. The summed E-state index contributed by atoms with van der Waals surface area (Å²) in [4.78, 5) is 10.4. The highest BCUT2D eigenvalue weighted by Gasteiger charge is 2.22. The Morgan fingerprint density at radius 1 is 1.14 bits per heavy atom. The molecule has 0 amide bonds. The van der Waals surface area contributed by atoms with Crippen molar-refractivity contribution in [2.45, 2.75) is 10.6 Å². The molecule has 0 aromatic heterocycles. The van der Waals surface area contributed by atoms with Gasteiger partial charge in [0.15, 0.2) is 9.84 Å². The van der Waals surface area contributed by atoms with Gasteiger partial charge in [-0.15, -0.1) is 0 Å². The molecular formula is C13H11ClN2O4S. The Kier molecular flexibility index (Phi) is 4.15. The van der Waals surface area contributed by atoms with Crippen molar-refractivity contribution >= 4 is 32.8 Å². The van der Waals surface area contributed by atoms with Crippen LogP contribution >= 0.6 is 11.6 Å². The summed E-state index contributed by atoms with van der Waals surface area (Å²) >= 11 is 5.78. The van der Waals surface area contributed by atoms with E-state index in [1.807, 2.05) is 0 Å². The summed E-state index contributed by atoms with van der Waals surface area (Å²) in [6.07, 6.45) is 0. The smallest absolute Gasteiger partial charge is 0.273 e. The number of hydrogen-bond donors (Lipinski definition) is 1. The molecule has 0 aliphatic rings. The van der Waals surface area contributed by atoms with Crippen LogP contribution < -0.4 is 5.73 Å². The minimum atomic E-state index is -3.72. The zero-order chi connectivity index (χ0) is 15.6. The van der Waals surface area contributed by atoms with Gasteiger partial charge in [0.25, 0.3) is 5.69 Å². The van der Waals surface area contributed by atoms with Crippen LogP contribution in [0, 0.1) is 10.1 Å². The second-order valence-electron chi connectivity index (χ2n) is 4.36. The summed E-state index contributed by atoms with van der Waals surface area (Å²) in [6.45, 7) is 0. The molecule has 21 heavy (non-hydrogen) atoms. The number of hydrogen-bond acceptors (Lipinski definition) is 5. The SMILES string of the molecule is Nc1ccc(S(=O)(=O)Cc2cc(Cl)ccc2[N+](=O)[O-])cc1. The molecule has 0 radical (unpaired) electrons. The third kappa shape index (κ3) is 3.50. The first kappa shape index (κ1) is 15.3. The minimum Gasteiger partial charge on any atom is -0.399 e. The van der Waals surface area contributed by atoms with Crippen LogP contribution in [-0.4, -0.2) is 13.3 Å². The number of nitro groups is 1. The molecule has 6 nitrogen and oxygen atoms in total. The van der Waals surface area contributed by atoms with Crippen molar-refractivity contribution in [2.24, 2.45) is 0 Å². The topological polar surface area (TPSA) is 103 Å². The molecule has 0 saturated carbocycles. The maximum Gasteiger partial charge on any atom is 0.273 e. The molecule has 0 spiro atoms. The number of nitrogens with two attached hydrogens (primary N) is 1. The highest BCUT2D eigenvalue weighted by atomic mass is 35.5. The maximum atomic E-state index is 12.3. The second kappa shape index (κ2) is 5.71. The second-order valence-corrected chi connectivity index (χ2v) is 6.78. The lowest BCUT2D eigenvalue weighted by atomic mass is 10.2. The first-order chi connectivity index (χ1) is 9.79. The summed E-state index contributed by atoms with van der Waals surface area (Å²) in [7, 11) is -3.72. The Morgan fingerprint density at radius 2 is 1.76 bits per heavy atom. The fourth-order valence-corrected chi connectivity index (χ4v) is 3.36. The average Bonchev–Trinajstić information content (AvgIpc) is 2.38. The number of benzene rings is 2. The van der Waals surface area contributed by atoms with E-state index in [9.17, 15) is 18.5 Å². The van der Waals surface area contributed by atoms with Crippen molar-refractivity contribution in [3.05, 3.63) is 63.2 Å². The lowest BCUT2D eigenvalue weighted by Crippen LogP contribution is -2.07. The first-order valence-electron chi connectivity index (χ1n) is 5.81. The third-order valence-electron chi connectivity index (χ3n) is 2.82. The van der Waals surface area contributed by atoms with Crippen molar-refractivity contribution in [3.63, 3.8) is 0 Å². The molecule has 0 bridgehead atoms. The Hall–Kier alpha value is -2.12. The van der Waals surface area contributed by atoms with Crippen molar-refractivity contribution in [1.82, 2.24) is 0 Å². The van der Waals surface area contributed by atoms with Crippen LogP contribution in [0.15, 0.2) is 47.4 Å². The third-order valence-corrected chi connectivity index (χ3v) is 4.74. The van der Waals surface area contributed by atoms with Gasteiger partial charge in [-0.05, 0) is 36.4 Å². The van der Waals surface area contributed by atoms with Crippen molar-refractivity contribution in [2.75, 3.05) is 5.73 Å². The van der Waals surface area contributed by atoms with Gasteiger partial charge in [0.05, 0.1) is 15.6 Å². The molecule has 0 saturated heterocycles. The van der Waals surface area contributed by atoms with Crippen LogP contribution in [0.3, 0.4) is 0 Å². The van der Waals surface area contributed by atoms with Crippen LogP contribution in [0.1, 0.15) is 5.56 Å². The van der Waals surface area contributed by atoms with E-state index in [1.54, 1.807) is 0 Å². The van der Waals surface area contributed by atoms with E-state index in [1.165, 1.54) is 42.5 Å². The molecule has 8 heteroatoms. The Labute approximate surface area is 126 Å². The molecule has 2 aromatic carbocycles. The maximum absolute atomic E-state index is 12.3. The predicted octanol–water partition coefficient (Wildman–Crippen LogP) is 2.80.